The molecule has 1 aromatic heterocycles. The molecule has 0 bridgehead atoms. The summed E-state index contributed by atoms with van der Waals surface area (Å²) in [4.78, 5) is 4.50. The Balaban J connectivity index is 1.32. The normalized spacial score (nSPS) is 21.4. The maximum atomic E-state index is 13.9. The van der Waals surface area contributed by atoms with Crippen LogP contribution in [0.2, 0.25) is 5.02 Å². The van der Waals surface area contributed by atoms with Crippen LogP contribution in [0.1, 0.15) is 49.4 Å². The Morgan fingerprint density at radius 2 is 1.86 bits per heavy atom. The summed E-state index contributed by atoms with van der Waals surface area (Å²) >= 11 is 6.81. The van der Waals surface area contributed by atoms with E-state index >= 15 is 0 Å². The van der Waals surface area contributed by atoms with Crippen LogP contribution in [0.15, 0.2) is 84.8 Å². The van der Waals surface area contributed by atoms with Gasteiger partial charge in [-0.3, -0.25) is 9.99 Å². The van der Waals surface area contributed by atoms with Crippen LogP contribution in [0.4, 0.5) is 15.8 Å². The van der Waals surface area contributed by atoms with Crippen molar-refractivity contribution in [3.63, 3.8) is 0 Å². The van der Waals surface area contributed by atoms with E-state index in [1.54, 1.807) is 18.2 Å². The number of rotatable bonds is 9. The number of aromatic nitrogens is 1. The molecule has 2 heterocycles. The minimum absolute atomic E-state index is 0.0793. The molecule has 7 rings (SSSR count). The predicted molar refractivity (Wildman–Crippen MR) is 163 cm³/mol. The average Bonchev–Trinajstić information content (AvgIpc) is 3.98. The van der Waals surface area contributed by atoms with E-state index in [1.165, 1.54) is 18.3 Å². The van der Waals surface area contributed by atoms with Crippen molar-refractivity contribution < 1.29 is 5.76 Å². The van der Waals surface area contributed by atoms with E-state index in [0.717, 1.165) is 24.8 Å². The van der Waals surface area contributed by atoms with Gasteiger partial charge in [0.1, 0.15) is 11.9 Å². The highest BCUT2D eigenvalue weighted by Gasteiger charge is 2.44. The maximum absolute atomic E-state index is 13.9. The number of fused-ring (bicyclic) bond motifs is 1. The Morgan fingerprint density at radius 1 is 1.07 bits per heavy atom. The Bertz CT molecular complexity index is 1850. The molecule has 0 spiro atoms. The van der Waals surface area contributed by atoms with E-state index in [4.69, 9.17) is 11.6 Å². The third-order valence-electron chi connectivity index (χ3n) is 8.14. The molecule has 4 aromatic rings. The van der Waals surface area contributed by atoms with Gasteiger partial charge in [-0.15, -0.1) is 5.53 Å². The molecule has 10 heteroatoms. The van der Waals surface area contributed by atoms with Crippen LogP contribution in [-0.2, 0) is 0 Å². The zero-order valence-electron chi connectivity index (χ0n) is 24.0. The number of halogens is 2. The summed E-state index contributed by atoms with van der Waals surface area (Å²) in [6, 6.07) is 22.4. The molecule has 0 saturated heterocycles. The van der Waals surface area contributed by atoms with Gasteiger partial charge in [-0.1, -0.05) is 54.1 Å². The molecule has 2 saturated carbocycles. The number of nitriles is 2. The summed E-state index contributed by atoms with van der Waals surface area (Å²) in [6.07, 6.45) is 6.22. The maximum Gasteiger partial charge on any atom is 0.123 e. The van der Waals surface area contributed by atoms with Crippen LogP contribution in [0.3, 0.4) is 0 Å². The summed E-state index contributed by atoms with van der Waals surface area (Å²) in [5, 5.41) is 29.5. The number of hydrogen-bond donors (Lipinski definition) is 4. The molecule has 2 fully saturated rings. The molecule has 3 aliphatic rings. The number of anilines is 2. The van der Waals surface area contributed by atoms with E-state index in [9.17, 15) is 16.3 Å². The first-order chi connectivity index (χ1) is 21.4. The van der Waals surface area contributed by atoms with Gasteiger partial charge in [0.25, 0.3) is 0 Å². The van der Waals surface area contributed by atoms with Gasteiger partial charge in [0, 0.05) is 35.4 Å². The van der Waals surface area contributed by atoms with E-state index in [-0.39, 0.29) is 17.9 Å². The number of nitrogens with zero attached hydrogens (tertiary/aromatic N) is 4. The van der Waals surface area contributed by atoms with Crippen molar-refractivity contribution in [1.82, 2.24) is 21.0 Å². The monoisotopic (exact) mass is 591 g/mol. The number of hydrogen-bond acceptors (Lipinski definition) is 8. The molecule has 8 nitrogen and oxygen atoms in total. The van der Waals surface area contributed by atoms with Gasteiger partial charge < -0.3 is 16.1 Å². The first kappa shape index (κ1) is 25.8. The predicted octanol–water partition coefficient (Wildman–Crippen LogP) is 6.69. The third kappa shape index (κ3) is 5.41. The number of nitrogens with one attached hydrogen (secondary N) is 4. The summed E-state index contributed by atoms with van der Waals surface area (Å²) in [5.41, 5.74) is 10.2. The van der Waals surface area contributed by atoms with E-state index in [1.807, 2.05) is 47.6 Å². The van der Waals surface area contributed by atoms with Gasteiger partial charge in [0.2, 0.25) is 0 Å². The Morgan fingerprint density at radius 3 is 2.56 bits per heavy atom. The fourth-order valence-corrected chi connectivity index (χ4v) is 5.89. The summed E-state index contributed by atoms with van der Waals surface area (Å²) in [7, 11) is 0. The lowest BCUT2D eigenvalue weighted by Gasteiger charge is -2.24. The minimum Gasteiger partial charge on any atom is -0.376 e. The summed E-state index contributed by atoms with van der Waals surface area (Å²) in [6.45, 7) is 0. The Kier molecular flexibility index (Phi) is 6.68. The second-order valence-electron chi connectivity index (χ2n) is 11.1. The first-order valence-electron chi connectivity index (χ1n) is 14.7. The first-order valence-corrected chi connectivity index (χ1v) is 14.6. The quantitative estimate of drug-likeness (QED) is 0.170. The van der Waals surface area contributed by atoms with Crippen LogP contribution in [0.5, 0.6) is 0 Å². The van der Waals surface area contributed by atoms with Crippen LogP contribution in [-0.4, -0.2) is 16.0 Å². The molecule has 214 valence electrons. The number of hydrazine groups is 2. The summed E-state index contributed by atoms with van der Waals surface area (Å²) in [5.74, 6) is -0.401. The van der Waals surface area contributed by atoms with Crippen molar-refractivity contribution in [1.29, 1.82) is 10.5 Å². The average molecular weight is 592 g/mol. The number of pyridine rings is 1. The smallest absolute Gasteiger partial charge is 0.123 e. The highest BCUT2D eigenvalue weighted by Crippen LogP contribution is 2.49. The zero-order valence-corrected chi connectivity index (χ0v) is 23.7. The van der Waals surface area contributed by atoms with Crippen molar-refractivity contribution in [3.05, 3.63) is 112 Å². The van der Waals surface area contributed by atoms with Crippen LogP contribution in [0.25, 0.3) is 10.9 Å². The van der Waals surface area contributed by atoms with E-state index in [0.29, 0.717) is 50.2 Å². The second-order valence-corrected chi connectivity index (χ2v) is 11.5. The molecule has 1 aliphatic heterocycles. The van der Waals surface area contributed by atoms with Crippen molar-refractivity contribution in [3.8, 4) is 12.1 Å². The molecule has 4 N–H and O–H groups in total. The zero-order chi connectivity index (χ0) is 30.4. The van der Waals surface area contributed by atoms with Crippen molar-refractivity contribution >= 4 is 33.9 Å². The van der Waals surface area contributed by atoms with Crippen LogP contribution in [0, 0.1) is 40.3 Å². The molecule has 43 heavy (non-hydrogen) atoms. The molecule has 0 radical (unpaired) electrons. The lowest BCUT2D eigenvalue weighted by Crippen LogP contribution is -2.38. The van der Waals surface area contributed by atoms with Gasteiger partial charge in [0.05, 0.1) is 52.9 Å². The number of benzene rings is 3. The van der Waals surface area contributed by atoms with Gasteiger partial charge in [-0.05, 0) is 54.7 Å². The SMILES string of the molecule is [2H]C(Nc1cc(Cl)c2ncc(C#N)c(N[C@@H](c3ccccc3)[C@@H]3CC3C#N)c2c1)(C1=CN(C2CC2)NN1)c1ccc(F)cc1. The van der Waals surface area contributed by atoms with E-state index < -0.39 is 11.8 Å². The van der Waals surface area contributed by atoms with Crippen molar-refractivity contribution in [2.45, 2.75) is 37.4 Å². The topological polar surface area (TPSA) is 112 Å². The van der Waals surface area contributed by atoms with Gasteiger partial charge in [0.15, 0.2) is 0 Å². The summed E-state index contributed by atoms with van der Waals surface area (Å²) < 4.78 is 23.6. The molecule has 4 atom stereocenters. The molecule has 0 amide bonds. The Hall–Kier alpha value is -4.83. The minimum atomic E-state index is -1.56. The molecule has 3 aromatic carbocycles. The molecular formula is C33H28ClFN8. The van der Waals surface area contributed by atoms with Crippen molar-refractivity contribution in [2.24, 2.45) is 11.8 Å². The lowest BCUT2D eigenvalue weighted by molar-refractivity contribution is 0.260. The third-order valence-corrected chi connectivity index (χ3v) is 8.43. The van der Waals surface area contributed by atoms with E-state index in [2.05, 4.69) is 38.7 Å². The van der Waals surface area contributed by atoms with Gasteiger partial charge >= 0.3 is 0 Å². The van der Waals surface area contributed by atoms with Gasteiger partial charge in [-0.25, -0.2) is 4.39 Å². The fourth-order valence-electron chi connectivity index (χ4n) is 5.62. The lowest BCUT2D eigenvalue weighted by atomic mass is 9.99. The Labute approximate surface area is 255 Å². The molecule has 2 aliphatic carbocycles. The van der Waals surface area contributed by atoms with Gasteiger partial charge in [-0.2, -0.15) is 10.5 Å². The second kappa shape index (κ2) is 11.1. The standard InChI is InChI=1S/C33H28ClFN8/c34-28-14-24(39-32(20-6-8-23(35)9-7-20)29-18-43(42-41-29)25-10-11-25)13-27-31(22(16-37)17-38-33(27)28)40-30(26-12-21(26)15-36)19-4-2-1-3-5-19/h1-9,13-14,17-18,21,25-26,30,32,39,41-42H,10-12H2,(H,38,40)/t21?,26-,30+,32?/m1/s1/i32D. The highest BCUT2D eigenvalue weighted by atomic mass is 35.5. The molecule has 2 unspecified atom stereocenters. The highest BCUT2D eigenvalue weighted by molar-refractivity contribution is 6.35. The van der Waals surface area contributed by atoms with Crippen LogP contribution >= 0.6 is 11.6 Å². The molecular weight excluding hydrogens is 563 g/mol. The fraction of sp³-hybridized carbons (Fsp3) is 0.242. The largest absolute Gasteiger partial charge is 0.376 e. The van der Waals surface area contributed by atoms with Crippen LogP contribution < -0.4 is 21.6 Å². The van der Waals surface area contributed by atoms with Crippen molar-refractivity contribution in [2.75, 3.05) is 10.6 Å².